The zero-order valence-electron chi connectivity index (χ0n) is 11.8. The molecule has 0 radical (unpaired) electrons. The second kappa shape index (κ2) is 7.19. The van der Waals surface area contributed by atoms with E-state index in [0.29, 0.717) is 6.42 Å². The Kier molecular flexibility index (Phi) is 5.86. The highest BCUT2D eigenvalue weighted by molar-refractivity contribution is 7.89. The maximum Gasteiger partial charge on any atom is 0.339 e. The molecular weight excluding hydrogens is 298 g/mol. The van der Waals surface area contributed by atoms with Crippen LogP contribution < -0.4 is 0 Å². The summed E-state index contributed by atoms with van der Waals surface area (Å²) in [6.07, 6.45) is 0.451. The molecule has 116 valence electrons. The topological polar surface area (TPSA) is 101 Å². The molecule has 0 bridgehead atoms. The van der Waals surface area contributed by atoms with Gasteiger partial charge in [-0.1, -0.05) is 19.1 Å². The quantitative estimate of drug-likeness (QED) is 0.752. The van der Waals surface area contributed by atoms with Crippen molar-refractivity contribution in [3.8, 4) is 0 Å². The molecule has 0 unspecified atom stereocenters. The molecule has 0 aliphatic rings. The van der Waals surface area contributed by atoms with Gasteiger partial charge in [-0.3, -0.25) is 4.79 Å². The maximum atomic E-state index is 12.6. The Morgan fingerprint density at radius 3 is 2.43 bits per heavy atom. The molecule has 0 heterocycles. The number of hydrogen-bond donors (Lipinski definition) is 1. The third-order valence-corrected chi connectivity index (χ3v) is 4.60. The first-order chi connectivity index (χ1) is 9.84. The van der Waals surface area contributed by atoms with Gasteiger partial charge in [-0.25, -0.2) is 13.2 Å². The molecule has 21 heavy (non-hydrogen) atoms. The van der Waals surface area contributed by atoms with Gasteiger partial charge >= 0.3 is 11.9 Å². The summed E-state index contributed by atoms with van der Waals surface area (Å²) < 4.78 is 30.5. The van der Waals surface area contributed by atoms with Crippen LogP contribution in [0.25, 0.3) is 0 Å². The molecule has 0 atom stereocenters. The van der Waals surface area contributed by atoms with Crippen molar-refractivity contribution in [1.82, 2.24) is 4.31 Å². The lowest BCUT2D eigenvalue weighted by atomic mass is 10.2. The summed E-state index contributed by atoms with van der Waals surface area (Å²) in [6.45, 7) is 1.12. The molecule has 0 saturated carbocycles. The monoisotopic (exact) mass is 315 g/mol. The van der Waals surface area contributed by atoms with Gasteiger partial charge in [-0.05, 0) is 18.6 Å². The number of sulfonamides is 1. The van der Waals surface area contributed by atoms with Crippen molar-refractivity contribution in [3.63, 3.8) is 0 Å². The molecule has 1 aromatic carbocycles. The fraction of sp³-hybridized carbons (Fsp3) is 0.385. The van der Waals surface area contributed by atoms with E-state index in [2.05, 4.69) is 4.74 Å². The Hall–Kier alpha value is -1.93. The van der Waals surface area contributed by atoms with Gasteiger partial charge in [0.1, 0.15) is 6.54 Å². The number of esters is 1. The van der Waals surface area contributed by atoms with Gasteiger partial charge in [0.25, 0.3) is 0 Å². The molecule has 1 N–H and O–H groups in total. The molecule has 0 fully saturated rings. The average molecular weight is 315 g/mol. The van der Waals surface area contributed by atoms with Crippen LogP contribution in [0.4, 0.5) is 0 Å². The van der Waals surface area contributed by atoms with Crippen molar-refractivity contribution >= 4 is 22.0 Å². The van der Waals surface area contributed by atoms with Gasteiger partial charge in [-0.15, -0.1) is 0 Å². The van der Waals surface area contributed by atoms with Crippen LogP contribution >= 0.6 is 0 Å². The number of nitrogens with zero attached hydrogens (tertiary/aromatic N) is 1. The first-order valence-electron chi connectivity index (χ1n) is 6.23. The van der Waals surface area contributed by atoms with E-state index < -0.39 is 28.5 Å². The van der Waals surface area contributed by atoms with Gasteiger partial charge in [0.05, 0.1) is 17.6 Å². The van der Waals surface area contributed by atoms with Crippen LogP contribution in [0.5, 0.6) is 0 Å². The predicted molar refractivity (Wildman–Crippen MR) is 74.5 cm³/mol. The number of methoxy groups -OCH3 is 1. The van der Waals surface area contributed by atoms with Crippen molar-refractivity contribution in [2.45, 2.75) is 18.2 Å². The van der Waals surface area contributed by atoms with Crippen LogP contribution in [0, 0.1) is 0 Å². The molecule has 0 aromatic heterocycles. The number of carbonyl (C=O) groups excluding carboxylic acids is 1. The minimum Gasteiger partial charge on any atom is -0.480 e. The fourth-order valence-electron chi connectivity index (χ4n) is 1.79. The first kappa shape index (κ1) is 17.1. The Bertz CT molecular complexity index is 625. The molecule has 7 nitrogen and oxygen atoms in total. The molecule has 1 rings (SSSR count). The van der Waals surface area contributed by atoms with E-state index in [-0.39, 0.29) is 17.0 Å². The number of benzene rings is 1. The van der Waals surface area contributed by atoms with Crippen molar-refractivity contribution < 1.29 is 27.9 Å². The van der Waals surface area contributed by atoms with E-state index in [1.807, 2.05) is 0 Å². The highest BCUT2D eigenvalue weighted by Gasteiger charge is 2.30. The van der Waals surface area contributed by atoms with E-state index >= 15 is 0 Å². The summed E-state index contributed by atoms with van der Waals surface area (Å²) in [7, 11) is -2.95. The van der Waals surface area contributed by atoms with Gasteiger partial charge in [0, 0.05) is 6.54 Å². The highest BCUT2D eigenvalue weighted by Crippen LogP contribution is 2.21. The normalized spacial score (nSPS) is 11.4. The summed E-state index contributed by atoms with van der Waals surface area (Å²) in [5.74, 6) is -2.05. The van der Waals surface area contributed by atoms with E-state index in [9.17, 15) is 18.0 Å². The van der Waals surface area contributed by atoms with E-state index in [1.54, 1.807) is 6.92 Å². The number of hydrogen-bond acceptors (Lipinski definition) is 5. The lowest BCUT2D eigenvalue weighted by Crippen LogP contribution is -2.37. The highest BCUT2D eigenvalue weighted by atomic mass is 32.2. The first-order valence-corrected chi connectivity index (χ1v) is 7.67. The molecule has 0 aliphatic heterocycles. The van der Waals surface area contributed by atoms with Crippen molar-refractivity contribution in [3.05, 3.63) is 29.8 Å². The maximum absolute atomic E-state index is 12.6. The van der Waals surface area contributed by atoms with Gasteiger partial charge in [0.2, 0.25) is 10.0 Å². The minimum atomic E-state index is -4.09. The molecule has 0 spiro atoms. The second-order valence-electron chi connectivity index (χ2n) is 4.22. The zero-order chi connectivity index (χ0) is 16.0. The SMILES string of the molecule is CCCN(CC(=O)O)S(=O)(=O)c1ccccc1C(=O)OC. The minimum absolute atomic E-state index is 0.0458. The second-order valence-corrected chi connectivity index (χ2v) is 6.13. The van der Waals surface area contributed by atoms with Gasteiger partial charge in [0.15, 0.2) is 0 Å². The average Bonchev–Trinajstić information content (AvgIpc) is 2.45. The van der Waals surface area contributed by atoms with Crippen LogP contribution in [0.2, 0.25) is 0 Å². The fourth-order valence-corrected chi connectivity index (χ4v) is 3.46. The van der Waals surface area contributed by atoms with Crippen molar-refractivity contribution in [2.75, 3.05) is 20.2 Å². The third-order valence-electron chi connectivity index (χ3n) is 2.69. The number of ether oxygens (including phenoxy) is 1. The molecular formula is C13H17NO6S. The molecule has 1 aromatic rings. The van der Waals surface area contributed by atoms with Crippen LogP contribution in [0.1, 0.15) is 23.7 Å². The number of rotatable bonds is 7. The zero-order valence-corrected chi connectivity index (χ0v) is 12.6. The van der Waals surface area contributed by atoms with Crippen molar-refractivity contribution in [1.29, 1.82) is 0 Å². The van der Waals surface area contributed by atoms with E-state index in [0.717, 1.165) is 11.4 Å². The molecule has 0 aliphatic carbocycles. The molecule has 8 heteroatoms. The van der Waals surface area contributed by atoms with Crippen LogP contribution in [-0.2, 0) is 19.6 Å². The molecule has 0 amide bonds. The largest absolute Gasteiger partial charge is 0.480 e. The molecule has 0 saturated heterocycles. The van der Waals surface area contributed by atoms with Crippen LogP contribution in [0.3, 0.4) is 0 Å². The Labute approximate surface area is 123 Å². The Morgan fingerprint density at radius 2 is 1.90 bits per heavy atom. The number of aliphatic carboxylic acids is 1. The summed E-state index contributed by atoms with van der Waals surface area (Å²) >= 11 is 0. The van der Waals surface area contributed by atoms with Gasteiger partial charge < -0.3 is 9.84 Å². The summed E-state index contributed by atoms with van der Waals surface area (Å²) in [6, 6.07) is 5.55. The number of carboxylic acids is 1. The summed E-state index contributed by atoms with van der Waals surface area (Å²) in [5, 5.41) is 8.85. The number of carbonyl (C=O) groups is 2. The van der Waals surface area contributed by atoms with E-state index in [1.165, 1.54) is 24.3 Å². The summed E-state index contributed by atoms with van der Waals surface area (Å²) in [5.41, 5.74) is -0.119. The Morgan fingerprint density at radius 1 is 1.29 bits per heavy atom. The number of carboxylic acid groups (broad SMARTS) is 1. The smallest absolute Gasteiger partial charge is 0.339 e. The van der Waals surface area contributed by atoms with E-state index in [4.69, 9.17) is 5.11 Å². The lowest BCUT2D eigenvalue weighted by molar-refractivity contribution is -0.137. The van der Waals surface area contributed by atoms with Crippen molar-refractivity contribution in [2.24, 2.45) is 0 Å². The van der Waals surface area contributed by atoms with Crippen LogP contribution in [0.15, 0.2) is 29.2 Å². The van der Waals surface area contributed by atoms with Crippen LogP contribution in [-0.4, -0.2) is 50.0 Å². The predicted octanol–water partition coefficient (Wildman–Crippen LogP) is 0.958. The standard InChI is InChI=1S/C13H17NO6S/c1-3-8-14(9-12(15)16)21(18,19)11-7-5-4-6-10(11)13(17)20-2/h4-7H,3,8-9H2,1-2H3,(H,15,16). The Balaban J connectivity index is 3.34. The van der Waals surface area contributed by atoms with Gasteiger partial charge in [-0.2, -0.15) is 4.31 Å². The lowest BCUT2D eigenvalue weighted by Gasteiger charge is -2.20. The summed E-state index contributed by atoms with van der Waals surface area (Å²) in [4.78, 5) is 22.2. The third kappa shape index (κ3) is 4.02.